The van der Waals surface area contributed by atoms with Crippen molar-refractivity contribution in [1.82, 2.24) is 89.1 Å². The normalized spacial score (nSPS) is 23.0. The van der Waals surface area contributed by atoms with Crippen LogP contribution in [0.15, 0.2) is 140 Å². The van der Waals surface area contributed by atoms with E-state index in [1.807, 2.05) is 0 Å². The number of hydrogen-bond donors (Lipinski definition) is 24. The highest BCUT2D eigenvalue weighted by molar-refractivity contribution is 8.00. The number of phenolic OH excluding ortho intramolecular Hbond substituents is 1. The molecule has 14 unspecified atom stereocenters. The molecule has 750 valence electrons. The minimum atomic E-state index is -2.12. The van der Waals surface area contributed by atoms with Gasteiger partial charge in [0.05, 0.1) is 38.2 Å². The monoisotopic (exact) mass is 1950 g/mol. The molecule has 14 atom stereocenters. The smallest absolute Gasteiger partial charge is 0.305 e. The Morgan fingerprint density at radius 2 is 0.820 bits per heavy atom. The highest BCUT2D eigenvalue weighted by Gasteiger charge is 2.45. The fraction of sp³-hybridized carbons (Fsp3) is 0.446. The van der Waals surface area contributed by atoms with E-state index in [2.05, 4.69) is 74.4 Å². The minimum Gasteiger partial charge on any atom is -0.508 e. The summed E-state index contributed by atoms with van der Waals surface area (Å²) in [5, 5.41) is 82.7. The van der Waals surface area contributed by atoms with Gasteiger partial charge < -0.3 is 133 Å². The molecule has 0 aromatic heterocycles. The van der Waals surface area contributed by atoms with Crippen molar-refractivity contribution in [3.63, 3.8) is 0 Å². The average molecular weight is 1950 g/mol. The van der Waals surface area contributed by atoms with Gasteiger partial charge in [0.25, 0.3) is 0 Å². The topological polar surface area (TPSA) is 741 Å². The number of carbonyl (C=O) groups excluding carboxylic acids is 18. The maximum absolute atomic E-state index is 15.5. The molecule has 0 spiro atoms. The number of aromatic hydroxyl groups is 1. The molecule has 5 aromatic rings. The molecule has 7 rings (SSSR count). The van der Waals surface area contributed by atoms with Crippen LogP contribution in [0.2, 0.25) is 0 Å². The minimum absolute atomic E-state index is 0.00418. The Balaban J connectivity index is 1.36. The van der Waals surface area contributed by atoms with Gasteiger partial charge in [0.2, 0.25) is 106 Å². The maximum atomic E-state index is 15.5. The van der Waals surface area contributed by atoms with Crippen LogP contribution in [0.4, 0.5) is 0 Å². The van der Waals surface area contributed by atoms with Gasteiger partial charge in [-0.1, -0.05) is 155 Å². The number of nitrogens with two attached hydrogens (primary N) is 5. The Hall–Kier alpha value is -15.3. The van der Waals surface area contributed by atoms with Crippen LogP contribution in [-0.2, 0) is 130 Å². The van der Waals surface area contributed by atoms with E-state index < -0.39 is 278 Å². The Kier molecular flexibility index (Phi) is 43.3. The number of thioether (sulfide) groups is 1. The van der Waals surface area contributed by atoms with Gasteiger partial charge in [-0.15, -0.1) is 11.8 Å². The summed E-state index contributed by atoms with van der Waals surface area (Å²) >= 11 is 0.722. The number of guanidine groups is 2. The summed E-state index contributed by atoms with van der Waals surface area (Å²) in [5.41, 5.74) is 30.6. The number of nitrogens with one attached hydrogen (secondary N) is 16. The van der Waals surface area contributed by atoms with Gasteiger partial charge in [-0.3, -0.25) is 102 Å². The Labute approximate surface area is 805 Å². The Bertz CT molecular complexity index is 5220. The number of aliphatic carboxylic acids is 1. The first-order valence-electron chi connectivity index (χ1n) is 44.7. The van der Waals surface area contributed by atoms with Crippen molar-refractivity contribution in [3.8, 4) is 5.75 Å². The summed E-state index contributed by atoms with van der Waals surface area (Å²) in [6, 6.07) is 11.1. The van der Waals surface area contributed by atoms with Crippen LogP contribution in [-0.4, -0.2) is 291 Å². The van der Waals surface area contributed by atoms with Crippen LogP contribution in [0.3, 0.4) is 0 Å². The molecule has 1 fully saturated rings. The molecule has 2 heterocycles. The molecule has 0 radical (unpaired) electrons. The quantitative estimate of drug-likeness (QED) is 0.0126. The van der Waals surface area contributed by atoms with Gasteiger partial charge >= 0.3 is 5.97 Å². The third-order valence-corrected chi connectivity index (χ3v) is 23.8. The van der Waals surface area contributed by atoms with Gasteiger partial charge in [0.1, 0.15) is 90.3 Å². The summed E-state index contributed by atoms with van der Waals surface area (Å²) in [5.74, 6) is -25.9. The Morgan fingerprint density at radius 1 is 0.424 bits per heavy atom. The van der Waals surface area contributed by atoms with E-state index in [4.69, 9.17) is 39.5 Å². The molecule has 2 aliphatic rings. The second-order valence-electron chi connectivity index (χ2n) is 34.2. The summed E-state index contributed by atoms with van der Waals surface area (Å²) in [7, 11) is 2.34. The van der Waals surface area contributed by atoms with E-state index in [1.165, 1.54) is 59.0 Å². The predicted molar refractivity (Wildman–Crippen MR) is 506 cm³/mol. The van der Waals surface area contributed by atoms with Gasteiger partial charge in [-0.05, 0) is 83.0 Å². The molecule has 46 nitrogen and oxygen atoms in total. The number of fused-ring (bicyclic) bond motifs is 2. The number of aliphatic hydroxyl groups excluding tert-OH is 1. The molecule has 2 aliphatic heterocycles. The van der Waals surface area contributed by atoms with E-state index in [1.54, 1.807) is 115 Å². The summed E-state index contributed by atoms with van der Waals surface area (Å²) in [6.07, 6.45) is -5.64. The van der Waals surface area contributed by atoms with Crippen molar-refractivity contribution in [2.24, 2.45) is 40.5 Å². The second-order valence-corrected chi connectivity index (χ2v) is 35.2. The van der Waals surface area contributed by atoms with Crippen LogP contribution in [0.25, 0.3) is 0 Å². The fourth-order valence-electron chi connectivity index (χ4n) is 15.3. The number of nitrogens with zero attached hydrogens (tertiary/aromatic N) is 3. The molecule has 0 bridgehead atoms. The second kappa shape index (κ2) is 54.4. The van der Waals surface area contributed by atoms with Crippen LogP contribution >= 0.6 is 11.8 Å². The summed E-state index contributed by atoms with van der Waals surface area (Å²) in [4.78, 5) is 279. The van der Waals surface area contributed by atoms with Crippen molar-refractivity contribution in [2.75, 3.05) is 51.8 Å². The van der Waals surface area contributed by atoms with Crippen LogP contribution < -0.4 is 103 Å². The number of aliphatic hydroxyl groups is 1. The number of likely N-dealkylation sites (N-methyl/N-ethyl adjacent to an activating group) is 2. The maximum Gasteiger partial charge on any atom is 0.305 e. The lowest BCUT2D eigenvalue weighted by molar-refractivity contribution is -0.149. The number of amides is 18. The van der Waals surface area contributed by atoms with E-state index in [0.29, 0.717) is 27.8 Å². The molecule has 1 saturated heterocycles. The van der Waals surface area contributed by atoms with E-state index in [-0.39, 0.29) is 75.8 Å². The molecule has 0 saturated carbocycles. The summed E-state index contributed by atoms with van der Waals surface area (Å²) in [6.45, 7) is 3.25. The van der Waals surface area contributed by atoms with E-state index >= 15 is 43.2 Å². The first-order valence-corrected chi connectivity index (χ1v) is 45.9. The van der Waals surface area contributed by atoms with Crippen molar-refractivity contribution >= 4 is 136 Å². The number of benzene rings is 5. The van der Waals surface area contributed by atoms with Crippen LogP contribution in [0.5, 0.6) is 5.75 Å². The molecule has 47 heteroatoms. The first-order chi connectivity index (χ1) is 65.9. The molecule has 5 aromatic carbocycles. The molecule has 139 heavy (non-hydrogen) atoms. The van der Waals surface area contributed by atoms with Crippen LogP contribution in [0, 0.1) is 22.7 Å². The molecule has 18 amide bonds. The lowest BCUT2D eigenvalue weighted by Crippen LogP contribution is -2.63. The number of carboxylic acids is 1. The standard InChI is InChI=1S/C92H124N24O22S/c1-49(2)75-86(134)104-58(28-18-34-100-91(96)97)78(126)108-64(43-74(123)124)90(138)116-45-56-27-17-16-26-55(56)40-69(116)85(133)109-63(42-71(94)120)89(137)115(6)68(39-53-24-14-9-15-25-53)84(132)111-66(77(125)102-44-72(95)121)47-139-48-73(122)103-60(36-51-20-10-7-11-21-51)79(127)105-59(29-19-35-101-92(98)99)88(136)114(5)67(38-52-22-12-8-13-23-52)83(131)110-65(46-117)82(130)113-76(50(3)4)87(135)107-62(41-70(93)119)80(128)106-61(81(129)112-75)37-54-30-32-57(118)33-31-54/h7-17,20-27,30-33,49-50,58-69,75-76,117-118H,18-19,28-29,34-48H2,1-6H3,(H2,93,119)(H2,94,120)(H2,95,121)(H,102,125)(H,103,122)(H,104,134)(H,105,127)(H,106,128)(H,107,135)(H,108,126)(H,109,133)(H,110,131)(H,111,132)(H,112,129)(H,113,130)(H,123,124)(H4,96,97,100)(H4,98,99,101). The lowest BCUT2D eigenvalue weighted by atomic mass is 9.92. The first kappa shape index (κ1) is 111. The molecular formula is C92H124N24O22S. The van der Waals surface area contributed by atoms with Crippen molar-refractivity contribution in [1.29, 1.82) is 10.8 Å². The molecule has 29 N–H and O–H groups in total. The lowest BCUT2D eigenvalue weighted by Gasteiger charge is -2.39. The zero-order chi connectivity index (χ0) is 102. The third kappa shape index (κ3) is 35.4. The number of hydrogen-bond acceptors (Lipinski definition) is 24. The number of phenols is 1. The predicted octanol–water partition coefficient (Wildman–Crippen LogP) is -5.99. The van der Waals surface area contributed by atoms with Gasteiger partial charge in [0, 0.05) is 71.6 Å². The van der Waals surface area contributed by atoms with Gasteiger partial charge in [-0.2, -0.15) is 0 Å². The van der Waals surface area contributed by atoms with Crippen molar-refractivity contribution in [2.45, 2.75) is 196 Å². The fourth-order valence-corrected chi connectivity index (χ4v) is 16.1. The Morgan fingerprint density at radius 3 is 1.32 bits per heavy atom. The highest BCUT2D eigenvalue weighted by atomic mass is 32.2. The largest absolute Gasteiger partial charge is 0.508 e. The van der Waals surface area contributed by atoms with Gasteiger partial charge in [0.15, 0.2) is 11.9 Å². The third-order valence-electron chi connectivity index (χ3n) is 22.7. The van der Waals surface area contributed by atoms with Crippen LogP contribution in [0.1, 0.15) is 106 Å². The summed E-state index contributed by atoms with van der Waals surface area (Å²) < 4.78 is 0. The molecular weight excluding hydrogens is 1830 g/mol. The van der Waals surface area contributed by atoms with Crippen molar-refractivity contribution < 1.29 is 106 Å². The molecule has 0 aliphatic carbocycles. The zero-order valence-corrected chi connectivity index (χ0v) is 78.5. The number of primary amides is 3. The van der Waals surface area contributed by atoms with Crippen molar-refractivity contribution in [3.05, 3.63) is 173 Å². The number of carbonyl (C=O) groups is 19. The highest BCUT2D eigenvalue weighted by Crippen LogP contribution is 2.27. The SMILES string of the molecule is CC(C)C1NC(=O)C(CO)NC(=O)C(Cc2ccccc2)N(C)C(=O)C(CCCNC(=N)N)NC(=O)C(Cc2ccccc2)NC(=O)CSCC(C(=O)NCC(N)=O)NC(=O)C(Cc2ccccc2)N(C)C(=O)C(CC(N)=O)NC(=O)C2Cc3ccccc3CN2C(=O)C(CC(=O)O)NC(=O)C(CCCNC(=N)N)NC(=O)C(C(C)C)NC(=O)C(Cc2ccc(O)cc2)NC(=O)C(CC(N)=O)NC1=O. The zero-order valence-electron chi connectivity index (χ0n) is 77.7. The van der Waals surface area contributed by atoms with E-state index in [0.717, 1.165) is 33.5 Å². The van der Waals surface area contributed by atoms with E-state index in [9.17, 15) is 63.3 Å². The average Bonchev–Trinajstić information content (AvgIpc) is 0.779. The van der Waals surface area contributed by atoms with Gasteiger partial charge in [-0.25, -0.2) is 0 Å². The number of carboxylic acid groups (broad SMARTS) is 1. The number of rotatable bonds is 28.